The molecule has 1 heterocycles. The topological polar surface area (TPSA) is 56.1 Å². The maximum Gasteiger partial charge on any atom is 0.416 e. The third-order valence-electron chi connectivity index (χ3n) is 4.96. The second-order valence-electron chi connectivity index (χ2n) is 6.99. The van der Waals surface area contributed by atoms with E-state index in [4.69, 9.17) is 4.74 Å². The molecular weight excluding hydrogens is 395 g/mol. The lowest BCUT2D eigenvalue weighted by atomic mass is 10.1. The van der Waals surface area contributed by atoms with Crippen molar-refractivity contribution in [3.63, 3.8) is 0 Å². The van der Waals surface area contributed by atoms with Crippen molar-refractivity contribution in [3.8, 4) is 5.75 Å². The Labute approximate surface area is 172 Å². The van der Waals surface area contributed by atoms with Gasteiger partial charge in [0.25, 0.3) is 5.91 Å². The van der Waals surface area contributed by atoms with Crippen molar-refractivity contribution < 1.29 is 22.7 Å². The predicted octanol–water partition coefficient (Wildman–Crippen LogP) is 5.14. The minimum absolute atomic E-state index is 0.157. The average Bonchev–Trinajstić information content (AvgIpc) is 2.95. The van der Waals surface area contributed by atoms with Gasteiger partial charge in [0, 0.05) is 11.1 Å². The molecule has 1 aromatic heterocycles. The normalized spacial score (nSPS) is 11.4. The van der Waals surface area contributed by atoms with Gasteiger partial charge in [0.05, 0.1) is 36.3 Å². The summed E-state index contributed by atoms with van der Waals surface area (Å²) in [5, 5.41) is 7.27. The van der Waals surface area contributed by atoms with Crippen LogP contribution in [0.4, 0.5) is 18.9 Å². The van der Waals surface area contributed by atoms with Gasteiger partial charge in [-0.1, -0.05) is 18.2 Å². The molecule has 2 aromatic carbocycles. The molecule has 0 aliphatic heterocycles. The Morgan fingerprint density at radius 2 is 1.83 bits per heavy atom. The van der Waals surface area contributed by atoms with Gasteiger partial charge in [0.1, 0.15) is 5.75 Å². The highest BCUT2D eigenvalue weighted by Gasteiger charge is 2.30. The Morgan fingerprint density at radius 3 is 2.50 bits per heavy atom. The van der Waals surface area contributed by atoms with Crippen LogP contribution in [0.5, 0.6) is 5.75 Å². The summed E-state index contributed by atoms with van der Waals surface area (Å²) in [4.78, 5) is 12.8. The molecule has 0 spiro atoms. The van der Waals surface area contributed by atoms with Gasteiger partial charge < -0.3 is 10.1 Å². The molecule has 5 nitrogen and oxygen atoms in total. The van der Waals surface area contributed by atoms with Crippen LogP contribution in [0.1, 0.15) is 38.4 Å². The summed E-state index contributed by atoms with van der Waals surface area (Å²) in [5.41, 5.74) is 2.71. The van der Waals surface area contributed by atoms with E-state index in [-0.39, 0.29) is 12.5 Å². The lowest BCUT2D eigenvalue weighted by molar-refractivity contribution is -0.137. The molecular formula is C22H22F3N3O2. The van der Waals surface area contributed by atoms with Crippen molar-refractivity contribution in [3.05, 3.63) is 76.1 Å². The minimum atomic E-state index is -4.40. The Balaban J connectivity index is 1.85. The summed E-state index contributed by atoms with van der Waals surface area (Å²) in [5.74, 6) is 0.299. The van der Waals surface area contributed by atoms with E-state index >= 15 is 0 Å². The maximum atomic E-state index is 13.0. The molecule has 3 aromatic rings. The molecule has 0 bridgehead atoms. The van der Waals surface area contributed by atoms with Gasteiger partial charge in [0.2, 0.25) is 0 Å². The number of hydrogen-bond donors (Lipinski definition) is 1. The fourth-order valence-electron chi connectivity index (χ4n) is 3.31. The summed E-state index contributed by atoms with van der Waals surface area (Å²) in [6.07, 6.45) is -4.40. The number of nitrogens with zero attached hydrogens (tertiary/aromatic N) is 2. The van der Waals surface area contributed by atoms with Crippen LogP contribution in [0.3, 0.4) is 0 Å². The molecule has 0 atom stereocenters. The van der Waals surface area contributed by atoms with Crippen LogP contribution in [0.2, 0.25) is 0 Å². The zero-order chi connectivity index (χ0) is 22.1. The highest BCUT2D eigenvalue weighted by molar-refractivity contribution is 6.06. The molecule has 158 valence electrons. The molecule has 0 saturated heterocycles. The number of carbonyl (C=O) groups excluding carboxylic acids is 1. The van der Waals surface area contributed by atoms with Crippen LogP contribution in [0.25, 0.3) is 0 Å². The molecule has 0 aliphatic carbocycles. The first kappa shape index (κ1) is 21.4. The number of anilines is 1. The van der Waals surface area contributed by atoms with E-state index in [1.807, 2.05) is 0 Å². The van der Waals surface area contributed by atoms with E-state index in [2.05, 4.69) is 10.4 Å². The number of ether oxygens (including phenoxy) is 1. The Morgan fingerprint density at radius 1 is 1.13 bits per heavy atom. The highest BCUT2D eigenvalue weighted by Crippen LogP contribution is 2.30. The van der Waals surface area contributed by atoms with Gasteiger partial charge in [0.15, 0.2) is 0 Å². The van der Waals surface area contributed by atoms with Crippen LogP contribution >= 0.6 is 0 Å². The number of amides is 1. The molecule has 0 unspecified atom stereocenters. The van der Waals surface area contributed by atoms with E-state index in [0.29, 0.717) is 39.5 Å². The van der Waals surface area contributed by atoms with Gasteiger partial charge >= 0.3 is 6.18 Å². The average molecular weight is 417 g/mol. The largest absolute Gasteiger partial charge is 0.496 e. The van der Waals surface area contributed by atoms with Crippen molar-refractivity contribution in [1.82, 2.24) is 9.78 Å². The smallest absolute Gasteiger partial charge is 0.416 e. The standard InChI is InChI=1S/C22H22F3N3O2/c1-13-18(9-6-10-19(13)30-4)21(29)26-20-14(2)27-28(15(20)3)12-16-7-5-8-17(11-16)22(23,24)25/h5-11H,12H2,1-4H3,(H,26,29). The SMILES string of the molecule is COc1cccc(C(=O)Nc2c(C)nn(Cc3cccc(C(F)(F)F)c3)c2C)c1C. The van der Waals surface area contributed by atoms with E-state index in [1.54, 1.807) is 49.7 Å². The number of nitrogens with one attached hydrogen (secondary N) is 1. The van der Waals surface area contributed by atoms with E-state index in [0.717, 1.165) is 12.1 Å². The van der Waals surface area contributed by atoms with Crippen molar-refractivity contribution in [1.29, 1.82) is 0 Å². The third-order valence-corrected chi connectivity index (χ3v) is 4.96. The molecule has 0 fully saturated rings. The highest BCUT2D eigenvalue weighted by atomic mass is 19.4. The first-order valence-corrected chi connectivity index (χ1v) is 9.27. The maximum absolute atomic E-state index is 13.0. The first-order valence-electron chi connectivity index (χ1n) is 9.27. The van der Waals surface area contributed by atoms with Crippen LogP contribution in [-0.4, -0.2) is 22.8 Å². The van der Waals surface area contributed by atoms with Gasteiger partial charge in [-0.2, -0.15) is 18.3 Å². The lowest BCUT2D eigenvalue weighted by Gasteiger charge is -2.12. The number of carbonyl (C=O) groups is 1. The summed E-state index contributed by atoms with van der Waals surface area (Å²) >= 11 is 0. The fraction of sp³-hybridized carbons (Fsp3) is 0.273. The quantitative estimate of drug-likeness (QED) is 0.626. The van der Waals surface area contributed by atoms with E-state index < -0.39 is 11.7 Å². The van der Waals surface area contributed by atoms with Crippen LogP contribution < -0.4 is 10.1 Å². The number of aryl methyl sites for hydroxylation is 1. The van der Waals surface area contributed by atoms with E-state index in [9.17, 15) is 18.0 Å². The third kappa shape index (κ3) is 4.32. The number of hydrogen-bond acceptors (Lipinski definition) is 3. The molecule has 3 rings (SSSR count). The van der Waals surface area contributed by atoms with Crippen molar-refractivity contribution in [2.24, 2.45) is 0 Å². The van der Waals surface area contributed by atoms with Gasteiger partial charge in [-0.15, -0.1) is 0 Å². The second kappa shape index (κ2) is 8.22. The molecule has 0 radical (unpaired) electrons. The lowest BCUT2D eigenvalue weighted by Crippen LogP contribution is -2.15. The molecule has 1 amide bonds. The Bertz CT molecular complexity index is 1090. The number of halogens is 3. The van der Waals surface area contributed by atoms with Crippen molar-refractivity contribution in [2.75, 3.05) is 12.4 Å². The van der Waals surface area contributed by atoms with Crippen molar-refractivity contribution in [2.45, 2.75) is 33.5 Å². The number of methoxy groups -OCH3 is 1. The second-order valence-corrected chi connectivity index (χ2v) is 6.99. The molecule has 8 heteroatoms. The molecule has 1 N–H and O–H groups in total. The number of aromatic nitrogens is 2. The monoisotopic (exact) mass is 417 g/mol. The summed E-state index contributed by atoms with van der Waals surface area (Å²) < 4.78 is 45.7. The van der Waals surface area contributed by atoms with Crippen molar-refractivity contribution >= 4 is 11.6 Å². The number of alkyl halides is 3. The Hall–Kier alpha value is -3.29. The van der Waals surface area contributed by atoms with E-state index in [1.165, 1.54) is 13.2 Å². The van der Waals surface area contributed by atoms with Crippen LogP contribution in [-0.2, 0) is 12.7 Å². The summed E-state index contributed by atoms with van der Waals surface area (Å²) in [7, 11) is 1.54. The minimum Gasteiger partial charge on any atom is -0.496 e. The fourth-order valence-corrected chi connectivity index (χ4v) is 3.31. The first-order chi connectivity index (χ1) is 14.1. The van der Waals surface area contributed by atoms with Crippen LogP contribution in [0, 0.1) is 20.8 Å². The molecule has 0 aliphatic rings. The van der Waals surface area contributed by atoms with Gasteiger partial charge in [-0.25, -0.2) is 0 Å². The number of rotatable bonds is 5. The van der Waals surface area contributed by atoms with Gasteiger partial charge in [-0.05, 0) is 50.6 Å². The molecule has 0 saturated carbocycles. The summed E-state index contributed by atoms with van der Waals surface area (Å²) in [6.45, 7) is 5.46. The molecule has 30 heavy (non-hydrogen) atoms. The van der Waals surface area contributed by atoms with Gasteiger partial charge in [-0.3, -0.25) is 9.48 Å². The predicted molar refractivity (Wildman–Crippen MR) is 108 cm³/mol. The number of benzene rings is 2. The Kier molecular flexibility index (Phi) is 5.87. The van der Waals surface area contributed by atoms with Crippen LogP contribution in [0.15, 0.2) is 42.5 Å². The zero-order valence-electron chi connectivity index (χ0n) is 17.1. The zero-order valence-corrected chi connectivity index (χ0v) is 17.1. The summed E-state index contributed by atoms with van der Waals surface area (Å²) in [6, 6.07) is 10.3.